The summed E-state index contributed by atoms with van der Waals surface area (Å²) in [5, 5.41) is 4.36. The van der Waals surface area contributed by atoms with Gasteiger partial charge in [0.25, 0.3) is 0 Å². The second-order valence-corrected chi connectivity index (χ2v) is 6.80. The summed E-state index contributed by atoms with van der Waals surface area (Å²) in [6.07, 6.45) is 5.09. The fourth-order valence-electron chi connectivity index (χ4n) is 3.25. The summed E-state index contributed by atoms with van der Waals surface area (Å²) < 4.78 is 29.3. The fourth-order valence-corrected chi connectivity index (χ4v) is 3.25. The third-order valence-corrected chi connectivity index (χ3v) is 4.77. The van der Waals surface area contributed by atoms with Crippen LogP contribution in [0.5, 0.6) is 0 Å². The van der Waals surface area contributed by atoms with Crippen LogP contribution in [-0.2, 0) is 6.54 Å². The minimum Gasteiger partial charge on any atom is -0.266 e. The molecule has 0 bridgehead atoms. The van der Waals surface area contributed by atoms with Gasteiger partial charge in [0.15, 0.2) is 17.5 Å². The summed E-state index contributed by atoms with van der Waals surface area (Å²) in [6, 6.07) is 17.8. The number of imidazole rings is 1. The van der Waals surface area contributed by atoms with Gasteiger partial charge >= 0.3 is 0 Å². The van der Waals surface area contributed by atoms with Crippen molar-refractivity contribution in [3.05, 3.63) is 96.5 Å². The molecule has 0 unspecified atom stereocenters. The van der Waals surface area contributed by atoms with Crippen LogP contribution in [0.4, 0.5) is 8.78 Å². The van der Waals surface area contributed by atoms with Gasteiger partial charge in [0.2, 0.25) is 0 Å². The van der Waals surface area contributed by atoms with Gasteiger partial charge in [-0.1, -0.05) is 36.4 Å². The number of fused-ring (bicyclic) bond motifs is 1. The highest BCUT2D eigenvalue weighted by Gasteiger charge is 2.18. The maximum atomic E-state index is 14.1. The molecular weight excluding hydrogens is 384 g/mol. The highest BCUT2D eigenvalue weighted by Crippen LogP contribution is 2.27. The van der Waals surface area contributed by atoms with Crippen LogP contribution in [0.3, 0.4) is 0 Å². The predicted molar refractivity (Wildman–Crippen MR) is 109 cm³/mol. The SMILES string of the molecule is Fc1cccc(-c2nc3cnn(Cc4ccc(-c5ccccn5)cc4)cc-3n2)c1F. The first-order chi connectivity index (χ1) is 14.7. The van der Waals surface area contributed by atoms with Crippen molar-refractivity contribution in [2.45, 2.75) is 6.54 Å². The monoisotopic (exact) mass is 399 g/mol. The number of hydrogen-bond donors (Lipinski definition) is 0. The first-order valence-electron chi connectivity index (χ1n) is 9.32. The van der Waals surface area contributed by atoms with Crippen LogP contribution >= 0.6 is 0 Å². The van der Waals surface area contributed by atoms with Gasteiger partial charge in [-0.2, -0.15) is 5.10 Å². The van der Waals surface area contributed by atoms with Crippen molar-refractivity contribution in [2.24, 2.45) is 0 Å². The lowest BCUT2D eigenvalue weighted by molar-refractivity contribution is 0.510. The van der Waals surface area contributed by atoms with Crippen molar-refractivity contribution in [3.63, 3.8) is 0 Å². The van der Waals surface area contributed by atoms with Gasteiger partial charge in [0, 0.05) is 11.8 Å². The molecule has 7 heteroatoms. The van der Waals surface area contributed by atoms with E-state index in [-0.39, 0.29) is 11.4 Å². The Balaban J connectivity index is 1.41. The smallest absolute Gasteiger partial charge is 0.169 e. The van der Waals surface area contributed by atoms with E-state index in [1.54, 1.807) is 23.3 Å². The lowest BCUT2D eigenvalue weighted by Crippen LogP contribution is -2.05. The topological polar surface area (TPSA) is 56.5 Å². The van der Waals surface area contributed by atoms with Crippen LogP contribution in [0.25, 0.3) is 34.0 Å². The number of hydrogen-bond acceptors (Lipinski definition) is 4. The molecule has 0 aliphatic carbocycles. The van der Waals surface area contributed by atoms with E-state index < -0.39 is 11.6 Å². The minimum atomic E-state index is -0.957. The molecule has 3 heterocycles. The van der Waals surface area contributed by atoms with Gasteiger partial charge in [-0.25, -0.2) is 18.7 Å². The quantitative estimate of drug-likeness (QED) is 0.434. The molecule has 0 amide bonds. The standard InChI is InChI=1S/C23H15F2N5/c24-18-5-3-4-17(22(18)25)23-28-20-12-27-30(14-21(20)29-23)13-15-7-9-16(10-8-15)19-6-1-2-11-26-19/h1-12,14H,13H2. The van der Waals surface area contributed by atoms with Crippen LogP contribution in [-0.4, -0.2) is 24.7 Å². The second-order valence-electron chi connectivity index (χ2n) is 6.80. The Labute approximate surface area is 171 Å². The molecular formula is C23H15F2N5. The van der Waals surface area contributed by atoms with E-state index in [2.05, 4.69) is 20.1 Å². The molecule has 5 rings (SSSR count). The van der Waals surface area contributed by atoms with Crippen LogP contribution in [0.15, 0.2) is 79.3 Å². The largest absolute Gasteiger partial charge is 0.266 e. The molecule has 0 radical (unpaired) electrons. The Hall–Kier alpha value is -4.00. The fraction of sp³-hybridized carbons (Fsp3) is 0.0435. The third kappa shape index (κ3) is 3.41. The number of benzene rings is 2. The highest BCUT2D eigenvalue weighted by molar-refractivity contribution is 5.65. The Kier molecular flexibility index (Phi) is 4.48. The van der Waals surface area contributed by atoms with Crippen molar-refractivity contribution < 1.29 is 8.78 Å². The van der Waals surface area contributed by atoms with Crippen molar-refractivity contribution >= 4 is 0 Å². The summed E-state index contributed by atoms with van der Waals surface area (Å²) in [6.45, 7) is 0.537. The molecule has 2 aliphatic rings. The van der Waals surface area contributed by atoms with Crippen LogP contribution < -0.4 is 0 Å². The van der Waals surface area contributed by atoms with Gasteiger partial charge in [-0.3, -0.25) is 9.67 Å². The lowest BCUT2D eigenvalue weighted by Gasteiger charge is -2.07. The highest BCUT2D eigenvalue weighted by atomic mass is 19.2. The van der Waals surface area contributed by atoms with Crippen molar-refractivity contribution in [2.75, 3.05) is 0 Å². The summed E-state index contributed by atoms with van der Waals surface area (Å²) in [4.78, 5) is 13.0. The maximum absolute atomic E-state index is 14.1. The molecule has 146 valence electrons. The maximum Gasteiger partial charge on any atom is 0.169 e. The molecule has 5 nitrogen and oxygen atoms in total. The molecule has 0 saturated carbocycles. The van der Waals surface area contributed by atoms with Crippen LogP contribution in [0.1, 0.15) is 5.56 Å². The van der Waals surface area contributed by atoms with E-state index in [1.807, 2.05) is 42.5 Å². The third-order valence-electron chi connectivity index (χ3n) is 4.77. The summed E-state index contributed by atoms with van der Waals surface area (Å²) in [5.41, 5.74) is 4.13. The zero-order valence-corrected chi connectivity index (χ0v) is 15.7. The van der Waals surface area contributed by atoms with Crippen molar-refractivity contribution in [1.29, 1.82) is 0 Å². The Morgan fingerprint density at radius 3 is 2.43 bits per heavy atom. The molecule has 0 atom stereocenters. The Bertz CT molecular complexity index is 1280. The van der Waals surface area contributed by atoms with Crippen molar-refractivity contribution in [1.82, 2.24) is 24.7 Å². The van der Waals surface area contributed by atoms with E-state index in [4.69, 9.17) is 0 Å². The molecule has 30 heavy (non-hydrogen) atoms. The summed E-state index contributed by atoms with van der Waals surface area (Å²) >= 11 is 0. The number of aromatic nitrogens is 5. The molecule has 0 N–H and O–H groups in total. The van der Waals surface area contributed by atoms with Gasteiger partial charge in [-0.15, -0.1) is 0 Å². The molecule has 0 saturated heterocycles. The van der Waals surface area contributed by atoms with Crippen molar-refractivity contribution in [3.8, 4) is 34.0 Å². The molecule has 0 spiro atoms. The average Bonchev–Trinajstić information content (AvgIpc) is 3.20. The number of nitrogens with zero attached hydrogens (tertiary/aromatic N) is 5. The number of halogens is 2. The number of rotatable bonds is 4. The second kappa shape index (κ2) is 7.44. The van der Waals surface area contributed by atoms with E-state index in [9.17, 15) is 8.78 Å². The van der Waals surface area contributed by atoms with Gasteiger partial charge in [-0.05, 0) is 29.8 Å². The first kappa shape index (κ1) is 18.1. The molecule has 2 aliphatic heterocycles. The Morgan fingerprint density at radius 1 is 0.800 bits per heavy atom. The molecule has 2 aromatic carbocycles. The molecule has 0 fully saturated rings. The van der Waals surface area contributed by atoms with E-state index >= 15 is 0 Å². The van der Waals surface area contributed by atoms with Gasteiger partial charge in [0.05, 0.1) is 30.2 Å². The molecule has 3 aromatic rings. The van der Waals surface area contributed by atoms with E-state index in [1.165, 1.54) is 12.1 Å². The van der Waals surface area contributed by atoms with Crippen LogP contribution in [0.2, 0.25) is 0 Å². The lowest BCUT2D eigenvalue weighted by atomic mass is 10.1. The van der Waals surface area contributed by atoms with Crippen LogP contribution in [0, 0.1) is 11.6 Å². The average molecular weight is 399 g/mol. The molecule has 1 aromatic heterocycles. The summed E-state index contributed by atoms with van der Waals surface area (Å²) in [5.74, 6) is -1.74. The zero-order valence-electron chi connectivity index (χ0n) is 15.7. The normalized spacial score (nSPS) is 11.1. The summed E-state index contributed by atoms with van der Waals surface area (Å²) in [7, 11) is 0. The first-order valence-corrected chi connectivity index (χ1v) is 9.32. The van der Waals surface area contributed by atoms with E-state index in [0.29, 0.717) is 17.9 Å². The zero-order chi connectivity index (χ0) is 20.5. The van der Waals surface area contributed by atoms with Gasteiger partial charge in [0.1, 0.15) is 11.4 Å². The number of pyridine rings is 1. The minimum absolute atomic E-state index is 0.0304. The Morgan fingerprint density at radius 2 is 1.63 bits per heavy atom. The van der Waals surface area contributed by atoms with Gasteiger partial charge < -0.3 is 0 Å². The predicted octanol–water partition coefficient (Wildman–Crippen LogP) is 4.83. The van der Waals surface area contributed by atoms with E-state index in [0.717, 1.165) is 22.9 Å².